The summed E-state index contributed by atoms with van der Waals surface area (Å²) in [7, 11) is 1.80. The average molecular weight is 268 g/mol. The largest absolute Gasteiger partial charge is 0.312 e. The van der Waals surface area contributed by atoms with Crippen molar-refractivity contribution in [2.45, 2.75) is 38.3 Å². The molecule has 0 saturated carbocycles. The SMILES string of the molecule is CCC1CCCN1CC(NC)c1cccc(F)c1F. The van der Waals surface area contributed by atoms with Crippen LogP contribution in [0.15, 0.2) is 18.2 Å². The molecular weight excluding hydrogens is 246 g/mol. The molecule has 4 heteroatoms. The fraction of sp³-hybridized carbons (Fsp3) is 0.600. The minimum atomic E-state index is -0.772. The number of nitrogens with zero attached hydrogens (tertiary/aromatic N) is 1. The summed E-state index contributed by atoms with van der Waals surface area (Å²) in [5.74, 6) is -1.50. The van der Waals surface area contributed by atoms with E-state index >= 15 is 0 Å². The Hall–Kier alpha value is -1.00. The van der Waals surface area contributed by atoms with Crippen molar-refractivity contribution in [3.8, 4) is 0 Å². The van der Waals surface area contributed by atoms with E-state index in [2.05, 4.69) is 17.1 Å². The third-order valence-corrected chi connectivity index (χ3v) is 4.09. The first-order valence-corrected chi connectivity index (χ1v) is 7.02. The number of likely N-dealkylation sites (N-methyl/N-ethyl adjacent to an activating group) is 1. The first kappa shape index (κ1) is 14.4. The first-order chi connectivity index (χ1) is 9.17. The average Bonchev–Trinajstić information content (AvgIpc) is 2.87. The molecule has 1 N–H and O–H groups in total. The summed E-state index contributed by atoms with van der Waals surface area (Å²) in [5.41, 5.74) is 0.421. The van der Waals surface area contributed by atoms with Gasteiger partial charge >= 0.3 is 0 Å². The molecule has 1 aliphatic heterocycles. The van der Waals surface area contributed by atoms with Crippen molar-refractivity contribution >= 4 is 0 Å². The number of rotatable bonds is 5. The second-order valence-electron chi connectivity index (χ2n) is 5.18. The molecule has 106 valence electrons. The third-order valence-electron chi connectivity index (χ3n) is 4.09. The number of hydrogen-bond acceptors (Lipinski definition) is 2. The van der Waals surface area contributed by atoms with Crippen LogP contribution in [0.1, 0.15) is 37.8 Å². The van der Waals surface area contributed by atoms with Gasteiger partial charge in [-0.25, -0.2) is 8.78 Å². The van der Waals surface area contributed by atoms with E-state index in [4.69, 9.17) is 0 Å². The lowest BCUT2D eigenvalue weighted by Crippen LogP contribution is -2.37. The van der Waals surface area contributed by atoms with Crippen LogP contribution in [-0.4, -0.2) is 31.1 Å². The molecule has 0 aliphatic carbocycles. The predicted octanol–water partition coefficient (Wildman–Crippen LogP) is 3.10. The summed E-state index contributed by atoms with van der Waals surface area (Å²) < 4.78 is 27.2. The van der Waals surface area contributed by atoms with Gasteiger partial charge in [0.2, 0.25) is 0 Å². The zero-order chi connectivity index (χ0) is 13.8. The second kappa shape index (κ2) is 6.44. The van der Waals surface area contributed by atoms with Gasteiger partial charge in [-0.2, -0.15) is 0 Å². The maximum atomic E-state index is 13.9. The number of nitrogens with one attached hydrogen (secondary N) is 1. The van der Waals surface area contributed by atoms with Gasteiger partial charge in [-0.05, 0) is 38.9 Å². The Morgan fingerprint density at radius 1 is 1.42 bits per heavy atom. The van der Waals surface area contributed by atoms with Crippen molar-refractivity contribution in [1.29, 1.82) is 0 Å². The molecule has 0 spiro atoms. The minimum Gasteiger partial charge on any atom is -0.312 e. The highest BCUT2D eigenvalue weighted by Crippen LogP contribution is 2.25. The van der Waals surface area contributed by atoms with E-state index in [-0.39, 0.29) is 6.04 Å². The second-order valence-corrected chi connectivity index (χ2v) is 5.18. The molecule has 2 unspecified atom stereocenters. The zero-order valence-electron chi connectivity index (χ0n) is 11.6. The Morgan fingerprint density at radius 3 is 2.89 bits per heavy atom. The van der Waals surface area contributed by atoms with Crippen molar-refractivity contribution in [3.63, 3.8) is 0 Å². The van der Waals surface area contributed by atoms with E-state index in [1.54, 1.807) is 19.2 Å². The van der Waals surface area contributed by atoms with E-state index in [9.17, 15) is 8.78 Å². The summed E-state index contributed by atoms with van der Waals surface area (Å²) >= 11 is 0. The summed E-state index contributed by atoms with van der Waals surface area (Å²) in [4.78, 5) is 2.38. The Kier molecular flexibility index (Phi) is 4.88. The van der Waals surface area contributed by atoms with Gasteiger partial charge in [0.05, 0.1) is 0 Å². The van der Waals surface area contributed by atoms with Crippen LogP contribution in [0.25, 0.3) is 0 Å². The van der Waals surface area contributed by atoms with E-state index in [0.717, 1.165) is 25.6 Å². The summed E-state index contributed by atoms with van der Waals surface area (Å²) in [6, 6.07) is 4.81. The number of likely N-dealkylation sites (tertiary alicyclic amines) is 1. The lowest BCUT2D eigenvalue weighted by Gasteiger charge is -2.28. The van der Waals surface area contributed by atoms with Gasteiger partial charge in [0.1, 0.15) is 0 Å². The van der Waals surface area contributed by atoms with Crippen molar-refractivity contribution in [2.75, 3.05) is 20.1 Å². The molecule has 2 atom stereocenters. The highest BCUT2D eigenvalue weighted by Gasteiger charge is 2.26. The van der Waals surface area contributed by atoms with E-state index in [1.165, 1.54) is 12.8 Å². The maximum absolute atomic E-state index is 13.9. The number of hydrogen-bond donors (Lipinski definition) is 1. The van der Waals surface area contributed by atoms with Crippen molar-refractivity contribution in [3.05, 3.63) is 35.4 Å². The van der Waals surface area contributed by atoms with Crippen LogP contribution in [0.3, 0.4) is 0 Å². The molecule has 1 saturated heterocycles. The van der Waals surface area contributed by atoms with Crippen LogP contribution in [0.5, 0.6) is 0 Å². The molecule has 1 aliphatic rings. The molecule has 2 nitrogen and oxygen atoms in total. The number of benzene rings is 1. The fourth-order valence-corrected chi connectivity index (χ4v) is 2.97. The minimum absolute atomic E-state index is 0.164. The molecule has 0 bridgehead atoms. The monoisotopic (exact) mass is 268 g/mol. The van der Waals surface area contributed by atoms with E-state index in [1.807, 2.05) is 0 Å². The Bertz CT molecular complexity index is 423. The summed E-state index contributed by atoms with van der Waals surface area (Å²) in [6.07, 6.45) is 3.52. The lowest BCUT2D eigenvalue weighted by molar-refractivity contribution is 0.222. The smallest absolute Gasteiger partial charge is 0.163 e. The van der Waals surface area contributed by atoms with Crippen LogP contribution in [0, 0.1) is 11.6 Å². The molecule has 0 radical (unpaired) electrons. The molecule has 2 rings (SSSR count). The zero-order valence-corrected chi connectivity index (χ0v) is 11.6. The Morgan fingerprint density at radius 2 is 2.21 bits per heavy atom. The quantitative estimate of drug-likeness (QED) is 0.882. The molecule has 19 heavy (non-hydrogen) atoms. The molecule has 0 aromatic heterocycles. The van der Waals surface area contributed by atoms with Gasteiger partial charge in [0.15, 0.2) is 11.6 Å². The summed E-state index contributed by atoms with van der Waals surface area (Å²) in [5, 5.41) is 3.11. The van der Waals surface area contributed by atoms with Crippen LogP contribution >= 0.6 is 0 Å². The van der Waals surface area contributed by atoms with Crippen molar-refractivity contribution in [2.24, 2.45) is 0 Å². The normalized spacial score (nSPS) is 21.8. The van der Waals surface area contributed by atoms with Crippen molar-refractivity contribution < 1.29 is 8.78 Å². The predicted molar refractivity (Wildman–Crippen MR) is 73.0 cm³/mol. The maximum Gasteiger partial charge on any atom is 0.163 e. The van der Waals surface area contributed by atoms with Gasteiger partial charge in [-0.15, -0.1) is 0 Å². The third kappa shape index (κ3) is 3.12. The summed E-state index contributed by atoms with van der Waals surface area (Å²) in [6.45, 7) is 3.96. The van der Waals surface area contributed by atoms with Crippen LogP contribution in [0.4, 0.5) is 8.78 Å². The number of halogens is 2. The van der Waals surface area contributed by atoms with Gasteiger partial charge in [-0.3, -0.25) is 4.90 Å². The molecule has 0 amide bonds. The van der Waals surface area contributed by atoms with Gasteiger partial charge < -0.3 is 5.32 Å². The molecular formula is C15H22F2N2. The standard InChI is InChI=1S/C15H22F2N2/c1-3-11-6-5-9-19(11)10-14(18-2)12-7-4-8-13(16)15(12)17/h4,7-8,11,14,18H,3,5-6,9-10H2,1-2H3. The van der Waals surface area contributed by atoms with Gasteiger partial charge in [-0.1, -0.05) is 19.1 Å². The molecule has 1 fully saturated rings. The van der Waals surface area contributed by atoms with Crippen LogP contribution < -0.4 is 5.32 Å². The van der Waals surface area contributed by atoms with Crippen molar-refractivity contribution in [1.82, 2.24) is 10.2 Å². The van der Waals surface area contributed by atoms with Gasteiger partial charge in [0.25, 0.3) is 0 Å². The molecule has 1 heterocycles. The van der Waals surface area contributed by atoms with Gasteiger partial charge in [0, 0.05) is 24.2 Å². The first-order valence-electron chi connectivity index (χ1n) is 7.02. The lowest BCUT2D eigenvalue weighted by atomic mass is 10.0. The van der Waals surface area contributed by atoms with E-state index in [0.29, 0.717) is 11.6 Å². The van der Waals surface area contributed by atoms with E-state index < -0.39 is 11.6 Å². The molecule has 1 aromatic carbocycles. The highest BCUT2D eigenvalue weighted by molar-refractivity contribution is 5.23. The van der Waals surface area contributed by atoms with Crippen LogP contribution in [0.2, 0.25) is 0 Å². The topological polar surface area (TPSA) is 15.3 Å². The molecule has 1 aromatic rings. The fourth-order valence-electron chi connectivity index (χ4n) is 2.97. The Balaban J connectivity index is 2.14. The Labute approximate surface area is 113 Å². The highest BCUT2D eigenvalue weighted by atomic mass is 19.2. The van der Waals surface area contributed by atoms with Crippen LogP contribution in [-0.2, 0) is 0 Å².